The highest BCUT2D eigenvalue weighted by atomic mass is 35.5. The lowest BCUT2D eigenvalue weighted by Crippen LogP contribution is -2.02. The minimum Gasteiger partial charge on any atom is -0.487 e. The molecule has 0 amide bonds. The van der Waals surface area contributed by atoms with Crippen molar-refractivity contribution in [2.45, 2.75) is 32.8 Å². The summed E-state index contributed by atoms with van der Waals surface area (Å²) in [5.41, 5.74) is 1.67. The predicted molar refractivity (Wildman–Crippen MR) is 107 cm³/mol. The van der Waals surface area contributed by atoms with Crippen molar-refractivity contribution in [3.05, 3.63) is 73.0 Å². The largest absolute Gasteiger partial charge is 0.487 e. The Hall–Kier alpha value is -1.68. The molecule has 1 heterocycles. The molecule has 1 aromatic heterocycles. The fourth-order valence-electron chi connectivity index (χ4n) is 2.73. The number of hydrogen-bond acceptors (Lipinski definition) is 3. The van der Waals surface area contributed by atoms with E-state index in [1.165, 1.54) is 6.07 Å². The maximum absolute atomic E-state index is 11.9. The highest BCUT2D eigenvalue weighted by molar-refractivity contribution is 6.36. The van der Waals surface area contributed by atoms with Gasteiger partial charge in [-0.1, -0.05) is 54.2 Å². The van der Waals surface area contributed by atoms with Gasteiger partial charge in [0.25, 0.3) is 0 Å². The number of aryl methyl sites for hydroxylation is 1. The third-order valence-corrected chi connectivity index (χ3v) is 5.12. The molecule has 3 rings (SSSR count). The van der Waals surface area contributed by atoms with Crippen LogP contribution >= 0.6 is 34.8 Å². The van der Waals surface area contributed by atoms with Crippen molar-refractivity contribution >= 4 is 45.8 Å². The van der Waals surface area contributed by atoms with Gasteiger partial charge in [0.15, 0.2) is 0 Å². The zero-order valence-electron chi connectivity index (χ0n) is 14.2. The van der Waals surface area contributed by atoms with Crippen LogP contribution in [-0.4, -0.2) is 0 Å². The van der Waals surface area contributed by atoms with E-state index in [0.29, 0.717) is 32.0 Å². The van der Waals surface area contributed by atoms with E-state index in [9.17, 15) is 4.79 Å². The molecule has 0 bridgehead atoms. The molecule has 26 heavy (non-hydrogen) atoms. The van der Waals surface area contributed by atoms with Crippen molar-refractivity contribution in [3.63, 3.8) is 0 Å². The third kappa shape index (κ3) is 4.17. The van der Waals surface area contributed by atoms with Crippen molar-refractivity contribution in [1.29, 1.82) is 0 Å². The Morgan fingerprint density at radius 3 is 2.46 bits per heavy atom. The van der Waals surface area contributed by atoms with Crippen LogP contribution in [0.5, 0.6) is 5.75 Å². The van der Waals surface area contributed by atoms with Gasteiger partial charge in [-0.15, -0.1) is 0 Å². The van der Waals surface area contributed by atoms with Crippen LogP contribution in [0.4, 0.5) is 0 Å². The number of benzene rings is 2. The zero-order valence-corrected chi connectivity index (χ0v) is 16.4. The lowest BCUT2D eigenvalue weighted by atomic mass is 10.0. The van der Waals surface area contributed by atoms with E-state index >= 15 is 0 Å². The van der Waals surface area contributed by atoms with E-state index in [4.69, 9.17) is 44.0 Å². The van der Waals surface area contributed by atoms with Gasteiger partial charge >= 0.3 is 5.63 Å². The minimum absolute atomic E-state index is 0.156. The fraction of sp³-hybridized carbons (Fsp3) is 0.250. The maximum atomic E-state index is 11.9. The average molecular weight is 412 g/mol. The van der Waals surface area contributed by atoms with Gasteiger partial charge in [-0.3, -0.25) is 0 Å². The van der Waals surface area contributed by atoms with Crippen LogP contribution in [0.25, 0.3) is 11.0 Å². The van der Waals surface area contributed by atoms with Gasteiger partial charge in [0.05, 0.1) is 5.02 Å². The quantitative estimate of drug-likeness (QED) is 0.425. The monoisotopic (exact) mass is 410 g/mol. The molecule has 0 N–H and O–H groups in total. The summed E-state index contributed by atoms with van der Waals surface area (Å²) in [6, 6.07) is 10.2. The standard InChI is InChI=1S/C20H17Cl3O3/c1-2-3-5-12-8-20(24)26-18-10-19(17(23)9-13(12)18)25-11-14-15(21)6-4-7-16(14)22/h4,6-10H,2-3,5,11H2,1H3. The van der Waals surface area contributed by atoms with Crippen LogP contribution in [0, 0.1) is 0 Å². The molecule has 6 heteroatoms. The number of hydrogen-bond donors (Lipinski definition) is 0. The molecule has 0 aliphatic rings. The van der Waals surface area contributed by atoms with E-state index in [0.717, 1.165) is 30.2 Å². The second-order valence-electron chi connectivity index (χ2n) is 5.96. The van der Waals surface area contributed by atoms with Gasteiger partial charge in [0.2, 0.25) is 0 Å². The van der Waals surface area contributed by atoms with Crippen molar-refractivity contribution < 1.29 is 9.15 Å². The van der Waals surface area contributed by atoms with Gasteiger partial charge in [-0.25, -0.2) is 4.79 Å². The van der Waals surface area contributed by atoms with Crippen molar-refractivity contribution in [2.24, 2.45) is 0 Å². The Bertz CT molecular complexity index is 975. The summed E-state index contributed by atoms with van der Waals surface area (Å²) in [4.78, 5) is 11.9. The van der Waals surface area contributed by atoms with Crippen LogP contribution < -0.4 is 10.4 Å². The summed E-state index contributed by atoms with van der Waals surface area (Å²) in [6.45, 7) is 2.26. The predicted octanol–water partition coefficient (Wildman–Crippen LogP) is 6.67. The number of halogens is 3. The second-order valence-corrected chi connectivity index (χ2v) is 7.18. The number of ether oxygens (including phenoxy) is 1. The van der Waals surface area contributed by atoms with Crippen molar-refractivity contribution in [2.75, 3.05) is 0 Å². The van der Waals surface area contributed by atoms with Gasteiger partial charge in [-0.05, 0) is 36.6 Å². The summed E-state index contributed by atoms with van der Waals surface area (Å²) in [5.74, 6) is 0.408. The lowest BCUT2D eigenvalue weighted by Gasteiger charge is -2.12. The van der Waals surface area contributed by atoms with E-state index in [2.05, 4.69) is 6.92 Å². The lowest BCUT2D eigenvalue weighted by molar-refractivity contribution is 0.306. The molecule has 0 aliphatic heterocycles. The molecule has 2 aromatic carbocycles. The maximum Gasteiger partial charge on any atom is 0.336 e. The molecule has 0 radical (unpaired) electrons. The van der Waals surface area contributed by atoms with E-state index < -0.39 is 0 Å². The SMILES string of the molecule is CCCCc1cc(=O)oc2cc(OCc3c(Cl)cccc3Cl)c(Cl)cc12. The van der Waals surface area contributed by atoms with Crippen LogP contribution in [0.1, 0.15) is 30.9 Å². The molecule has 3 nitrogen and oxygen atoms in total. The van der Waals surface area contributed by atoms with Crippen molar-refractivity contribution in [1.82, 2.24) is 0 Å². The first-order chi connectivity index (χ1) is 12.5. The van der Waals surface area contributed by atoms with Gasteiger partial charge < -0.3 is 9.15 Å². The van der Waals surface area contributed by atoms with Gasteiger partial charge in [0, 0.05) is 33.1 Å². The molecule has 0 atom stereocenters. The summed E-state index contributed by atoms with van der Waals surface area (Å²) >= 11 is 18.7. The molecule has 0 fully saturated rings. The summed E-state index contributed by atoms with van der Waals surface area (Å²) in [6.07, 6.45) is 2.82. The molecule has 0 spiro atoms. The first-order valence-corrected chi connectivity index (χ1v) is 9.45. The highest BCUT2D eigenvalue weighted by Crippen LogP contribution is 2.33. The summed E-state index contributed by atoms with van der Waals surface area (Å²) in [7, 11) is 0. The molecule has 136 valence electrons. The highest BCUT2D eigenvalue weighted by Gasteiger charge is 2.13. The van der Waals surface area contributed by atoms with Gasteiger partial charge in [-0.2, -0.15) is 0 Å². The second kappa shape index (κ2) is 8.34. The normalized spacial score (nSPS) is 11.1. The molecule has 3 aromatic rings. The Morgan fingerprint density at radius 1 is 1.04 bits per heavy atom. The molecule has 0 unspecified atom stereocenters. The van der Waals surface area contributed by atoms with Crippen LogP contribution in [0.15, 0.2) is 45.6 Å². The number of unbranched alkanes of at least 4 members (excludes halogenated alkanes) is 1. The fourth-order valence-corrected chi connectivity index (χ4v) is 3.46. The Kier molecular flexibility index (Phi) is 6.13. The van der Waals surface area contributed by atoms with E-state index in [-0.39, 0.29) is 12.2 Å². The number of rotatable bonds is 6. The van der Waals surface area contributed by atoms with Crippen LogP contribution in [0.3, 0.4) is 0 Å². The Balaban J connectivity index is 1.95. The summed E-state index contributed by atoms with van der Waals surface area (Å²) < 4.78 is 11.1. The smallest absolute Gasteiger partial charge is 0.336 e. The molecule has 0 saturated carbocycles. The van der Waals surface area contributed by atoms with Crippen LogP contribution in [0.2, 0.25) is 15.1 Å². The Labute approximate surface area is 166 Å². The average Bonchev–Trinajstić information content (AvgIpc) is 2.60. The first-order valence-electron chi connectivity index (χ1n) is 8.31. The Morgan fingerprint density at radius 2 is 1.77 bits per heavy atom. The topological polar surface area (TPSA) is 39.4 Å². The zero-order chi connectivity index (χ0) is 18.7. The van der Waals surface area contributed by atoms with E-state index in [1.54, 1.807) is 30.3 Å². The molecular weight excluding hydrogens is 395 g/mol. The third-order valence-electron chi connectivity index (χ3n) is 4.12. The van der Waals surface area contributed by atoms with Crippen LogP contribution in [-0.2, 0) is 13.0 Å². The minimum atomic E-state index is -0.383. The molecule has 0 aliphatic carbocycles. The molecule has 0 saturated heterocycles. The first kappa shape index (κ1) is 19.1. The van der Waals surface area contributed by atoms with Gasteiger partial charge in [0.1, 0.15) is 17.9 Å². The summed E-state index contributed by atoms with van der Waals surface area (Å²) in [5, 5.41) is 2.30. The molecular formula is C20H17Cl3O3. The van der Waals surface area contributed by atoms with E-state index in [1.807, 2.05) is 0 Å². The number of fused-ring (bicyclic) bond motifs is 1. The van der Waals surface area contributed by atoms with Crippen molar-refractivity contribution in [3.8, 4) is 5.75 Å².